The second kappa shape index (κ2) is 8.30. The summed E-state index contributed by atoms with van der Waals surface area (Å²) in [6, 6.07) is 30.4. The lowest BCUT2D eigenvalue weighted by atomic mass is 9.99. The molecule has 0 aromatic heterocycles. The zero-order chi connectivity index (χ0) is 18.5. The maximum atomic E-state index is 13.0. The number of benzene rings is 3. The first-order chi connectivity index (χ1) is 13.3. The van der Waals surface area contributed by atoms with Gasteiger partial charge in [0.1, 0.15) is 0 Å². The number of hydrogen-bond donors (Lipinski definition) is 1. The van der Waals surface area contributed by atoms with Gasteiger partial charge in [0.25, 0.3) is 0 Å². The summed E-state index contributed by atoms with van der Waals surface area (Å²) >= 11 is 0. The normalized spacial score (nSPS) is 17.3. The molecule has 0 spiro atoms. The largest absolute Gasteiger partial charge is 0.292 e. The highest BCUT2D eigenvalue weighted by Gasteiger charge is 2.33. The monoisotopic (exact) mass is 356 g/mol. The Labute approximate surface area is 160 Å². The van der Waals surface area contributed by atoms with Gasteiger partial charge in [0.05, 0.1) is 12.1 Å². The van der Waals surface area contributed by atoms with Crippen molar-refractivity contribution < 1.29 is 4.79 Å². The zero-order valence-electron chi connectivity index (χ0n) is 15.3. The molecule has 0 amide bonds. The molecule has 0 bridgehead atoms. The molecule has 3 aromatic carbocycles. The third-order valence-corrected chi connectivity index (χ3v) is 5.17. The molecule has 1 atom stereocenters. The third kappa shape index (κ3) is 4.00. The highest BCUT2D eigenvalue weighted by atomic mass is 16.1. The Kier molecular flexibility index (Phi) is 5.42. The van der Waals surface area contributed by atoms with Crippen LogP contribution in [0.15, 0.2) is 91.0 Å². The first kappa shape index (κ1) is 17.7. The molecule has 136 valence electrons. The Bertz CT molecular complexity index is 825. The van der Waals surface area contributed by atoms with E-state index in [9.17, 15) is 4.79 Å². The Morgan fingerprint density at radius 1 is 0.815 bits per heavy atom. The van der Waals surface area contributed by atoms with Crippen LogP contribution in [-0.4, -0.2) is 23.4 Å². The molecule has 0 saturated carbocycles. The molecule has 1 aliphatic rings. The average Bonchev–Trinajstić information content (AvgIpc) is 3.21. The molecule has 0 radical (unpaired) electrons. The minimum absolute atomic E-state index is 0.0246. The summed E-state index contributed by atoms with van der Waals surface area (Å²) in [6.07, 6.45) is 1.91. The van der Waals surface area contributed by atoms with Gasteiger partial charge in [-0.3, -0.25) is 4.79 Å². The molecule has 1 fully saturated rings. The molecule has 0 aliphatic carbocycles. The molecular weight excluding hydrogens is 332 g/mol. The Hall–Kier alpha value is -2.75. The SMILES string of the molecule is O=C(c1ccccc1)C1CCCN1NC(c1ccccc1)c1ccccc1. The number of hydrazine groups is 1. The molecule has 27 heavy (non-hydrogen) atoms. The van der Waals surface area contributed by atoms with E-state index in [0.717, 1.165) is 24.9 Å². The maximum absolute atomic E-state index is 13.0. The highest BCUT2D eigenvalue weighted by molar-refractivity contribution is 6.00. The Balaban J connectivity index is 1.60. The smallest absolute Gasteiger partial charge is 0.181 e. The van der Waals surface area contributed by atoms with Gasteiger partial charge in [-0.05, 0) is 24.0 Å². The van der Waals surface area contributed by atoms with Crippen molar-refractivity contribution in [2.45, 2.75) is 24.9 Å². The molecule has 3 nitrogen and oxygen atoms in total. The first-order valence-electron chi connectivity index (χ1n) is 9.55. The molecule has 1 unspecified atom stereocenters. The maximum Gasteiger partial charge on any atom is 0.181 e. The lowest BCUT2D eigenvalue weighted by molar-refractivity contribution is 0.0779. The van der Waals surface area contributed by atoms with E-state index in [-0.39, 0.29) is 17.9 Å². The highest BCUT2D eigenvalue weighted by Crippen LogP contribution is 2.26. The number of nitrogens with one attached hydrogen (secondary N) is 1. The molecule has 1 aliphatic heterocycles. The molecule has 3 heteroatoms. The number of rotatable bonds is 6. The van der Waals surface area contributed by atoms with Crippen LogP contribution in [0.5, 0.6) is 0 Å². The van der Waals surface area contributed by atoms with Crippen molar-refractivity contribution >= 4 is 5.78 Å². The fourth-order valence-corrected chi connectivity index (χ4v) is 3.79. The summed E-state index contributed by atoms with van der Waals surface area (Å²) in [5.74, 6) is 0.195. The minimum Gasteiger partial charge on any atom is -0.292 e. The van der Waals surface area contributed by atoms with Crippen molar-refractivity contribution in [1.29, 1.82) is 0 Å². The number of nitrogens with zero attached hydrogens (tertiary/aromatic N) is 1. The predicted molar refractivity (Wildman–Crippen MR) is 108 cm³/mol. The average molecular weight is 356 g/mol. The number of ketones is 1. The minimum atomic E-state index is -0.123. The summed E-state index contributed by atoms with van der Waals surface area (Å²) in [6.45, 7) is 0.874. The van der Waals surface area contributed by atoms with Gasteiger partial charge in [-0.2, -0.15) is 0 Å². The van der Waals surface area contributed by atoms with Gasteiger partial charge in [-0.1, -0.05) is 91.0 Å². The van der Waals surface area contributed by atoms with Gasteiger partial charge in [0.15, 0.2) is 5.78 Å². The summed E-state index contributed by atoms with van der Waals surface area (Å²) in [7, 11) is 0. The van der Waals surface area contributed by atoms with Gasteiger partial charge < -0.3 is 0 Å². The fourth-order valence-electron chi connectivity index (χ4n) is 3.79. The molecule has 1 saturated heterocycles. The predicted octanol–water partition coefficient (Wildman–Crippen LogP) is 4.63. The van der Waals surface area contributed by atoms with Crippen LogP contribution in [0.3, 0.4) is 0 Å². The lowest BCUT2D eigenvalue weighted by Gasteiger charge is -2.30. The fraction of sp³-hybridized carbons (Fsp3) is 0.208. The van der Waals surface area contributed by atoms with Gasteiger partial charge >= 0.3 is 0 Å². The van der Waals surface area contributed by atoms with E-state index in [2.05, 4.69) is 59.0 Å². The van der Waals surface area contributed by atoms with Crippen molar-refractivity contribution in [3.8, 4) is 0 Å². The Morgan fingerprint density at radius 3 is 1.89 bits per heavy atom. The van der Waals surface area contributed by atoms with Crippen molar-refractivity contribution in [3.63, 3.8) is 0 Å². The van der Waals surface area contributed by atoms with Crippen molar-refractivity contribution in [3.05, 3.63) is 108 Å². The van der Waals surface area contributed by atoms with Crippen LogP contribution in [0.1, 0.15) is 40.4 Å². The number of carbonyl (C=O) groups is 1. The van der Waals surface area contributed by atoms with Crippen molar-refractivity contribution in [1.82, 2.24) is 10.4 Å². The van der Waals surface area contributed by atoms with Gasteiger partial charge in [-0.15, -0.1) is 0 Å². The van der Waals surface area contributed by atoms with E-state index in [1.165, 1.54) is 11.1 Å². The topological polar surface area (TPSA) is 32.3 Å². The third-order valence-electron chi connectivity index (χ3n) is 5.17. The quantitative estimate of drug-likeness (QED) is 0.654. The van der Waals surface area contributed by atoms with Crippen LogP contribution in [0.25, 0.3) is 0 Å². The lowest BCUT2D eigenvalue weighted by Crippen LogP contribution is -2.47. The molecular formula is C24H24N2O. The summed E-state index contributed by atoms with van der Waals surface area (Å²) < 4.78 is 0. The van der Waals surface area contributed by atoms with Gasteiger partial charge in [0.2, 0.25) is 0 Å². The number of Topliss-reactive ketones (excluding diaryl/α,β-unsaturated/α-hetero) is 1. The van der Waals surface area contributed by atoms with E-state index in [1.54, 1.807) is 0 Å². The number of hydrogen-bond acceptors (Lipinski definition) is 3. The van der Waals surface area contributed by atoms with E-state index >= 15 is 0 Å². The van der Waals surface area contributed by atoms with Crippen LogP contribution in [0, 0.1) is 0 Å². The van der Waals surface area contributed by atoms with Crippen LogP contribution < -0.4 is 5.43 Å². The first-order valence-corrected chi connectivity index (χ1v) is 9.55. The second-order valence-corrected chi connectivity index (χ2v) is 6.97. The second-order valence-electron chi connectivity index (χ2n) is 6.97. The van der Waals surface area contributed by atoms with Crippen molar-refractivity contribution in [2.75, 3.05) is 6.54 Å². The molecule has 3 aromatic rings. The van der Waals surface area contributed by atoms with E-state index < -0.39 is 0 Å². The van der Waals surface area contributed by atoms with Crippen molar-refractivity contribution in [2.24, 2.45) is 0 Å². The van der Waals surface area contributed by atoms with Crippen LogP contribution in [0.4, 0.5) is 0 Å². The number of carbonyl (C=O) groups excluding carboxylic acids is 1. The summed E-state index contributed by atoms with van der Waals surface area (Å²) in [5.41, 5.74) is 6.84. The standard InChI is InChI=1S/C24H24N2O/c27-24(21-15-8-3-9-16-21)22-17-10-18-26(22)25-23(19-11-4-1-5-12-19)20-13-6-2-7-14-20/h1-9,11-16,22-23,25H,10,17-18H2. The summed E-state index contributed by atoms with van der Waals surface area (Å²) in [5, 5.41) is 2.14. The molecule has 4 rings (SSSR count). The zero-order valence-corrected chi connectivity index (χ0v) is 15.3. The van der Waals surface area contributed by atoms with E-state index in [0.29, 0.717) is 0 Å². The summed E-state index contributed by atoms with van der Waals surface area (Å²) in [4.78, 5) is 13.0. The van der Waals surface area contributed by atoms with Crippen LogP contribution >= 0.6 is 0 Å². The van der Waals surface area contributed by atoms with Crippen LogP contribution in [-0.2, 0) is 0 Å². The molecule has 1 N–H and O–H groups in total. The van der Waals surface area contributed by atoms with E-state index in [1.807, 2.05) is 42.5 Å². The van der Waals surface area contributed by atoms with Crippen LogP contribution in [0.2, 0.25) is 0 Å². The van der Waals surface area contributed by atoms with Gasteiger partial charge in [0, 0.05) is 12.1 Å². The van der Waals surface area contributed by atoms with Gasteiger partial charge in [-0.25, -0.2) is 10.4 Å². The Morgan fingerprint density at radius 2 is 1.33 bits per heavy atom. The molecule has 1 heterocycles. The van der Waals surface area contributed by atoms with E-state index in [4.69, 9.17) is 0 Å².